The van der Waals surface area contributed by atoms with Crippen LogP contribution in [0.2, 0.25) is 0 Å². The van der Waals surface area contributed by atoms with E-state index in [1.807, 2.05) is 0 Å². The van der Waals surface area contributed by atoms with Crippen molar-refractivity contribution in [3.63, 3.8) is 0 Å². The molecule has 1 aliphatic carbocycles. The maximum absolute atomic E-state index is 10.6. The van der Waals surface area contributed by atoms with Crippen LogP contribution in [-0.2, 0) is 10.1 Å². The van der Waals surface area contributed by atoms with Gasteiger partial charge in [-0.25, -0.2) is 0 Å². The van der Waals surface area contributed by atoms with Crippen LogP contribution in [0.15, 0.2) is 28.1 Å². The maximum Gasteiger partial charge on any atom is 0.294 e. The molecule has 1 N–H and O–H groups in total. The Morgan fingerprint density at radius 1 is 1.67 bits per heavy atom. The minimum Gasteiger partial charge on any atom is -0.293 e. The predicted octanol–water partition coefficient (Wildman–Crippen LogP) is 0.787. The van der Waals surface area contributed by atoms with Crippen LogP contribution in [-0.4, -0.2) is 25.7 Å². The number of rotatable bonds is 2. The molecule has 0 saturated heterocycles. The van der Waals surface area contributed by atoms with Gasteiger partial charge in [-0.3, -0.25) is 9.55 Å². The topological polar surface area (TPSA) is 66.7 Å². The summed E-state index contributed by atoms with van der Waals surface area (Å²) in [6.07, 6.45) is 4.82. The van der Waals surface area contributed by atoms with Crippen LogP contribution in [0.1, 0.15) is 6.42 Å². The molecule has 4 nitrogen and oxygen atoms in total. The molecular formula is C7H9NO3S. The van der Waals surface area contributed by atoms with E-state index < -0.39 is 10.1 Å². The van der Waals surface area contributed by atoms with Gasteiger partial charge in [-0.15, -0.1) is 0 Å². The largest absolute Gasteiger partial charge is 0.294 e. The predicted molar refractivity (Wildman–Crippen MR) is 46.7 cm³/mol. The molecule has 0 amide bonds. The van der Waals surface area contributed by atoms with Crippen LogP contribution >= 0.6 is 0 Å². The van der Waals surface area contributed by atoms with Crippen molar-refractivity contribution < 1.29 is 13.0 Å². The minimum absolute atomic E-state index is 0.0672. The van der Waals surface area contributed by atoms with Gasteiger partial charge in [0.25, 0.3) is 10.1 Å². The normalized spacial score (nSPS) is 23.4. The summed E-state index contributed by atoms with van der Waals surface area (Å²) < 4.78 is 29.7. The van der Waals surface area contributed by atoms with Crippen molar-refractivity contribution in [1.82, 2.24) is 0 Å². The van der Waals surface area contributed by atoms with Gasteiger partial charge in [0.2, 0.25) is 0 Å². The second-order valence-electron chi connectivity index (χ2n) is 2.43. The van der Waals surface area contributed by atoms with E-state index >= 15 is 0 Å². The minimum atomic E-state index is -4.05. The summed E-state index contributed by atoms with van der Waals surface area (Å²) in [6.45, 7) is 3.33. The van der Waals surface area contributed by atoms with Crippen LogP contribution in [0, 0.1) is 0 Å². The summed E-state index contributed by atoms with van der Waals surface area (Å²) in [5, 5.41) is 0. The van der Waals surface area contributed by atoms with Gasteiger partial charge in [-0.05, 0) is 19.2 Å². The lowest BCUT2D eigenvalue weighted by atomic mass is 10.1. The molecule has 0 aromatic rings. The van der Waals surface area contributed by atoms with Gasteiger partial charge < -0.3 is 0 Å². The third kappa shape index (κ3) is 2.02. The van der Waals surface area contributed by atoms with Gasteiger partial charge in [-0.1, -0.05) is 12.2 Å². The van der Waals surface area contributed by atoms with Crippen LogP contribution in [0.3, 0.4) is 0 Å². The molecule has 0 aromatic carbocycles. The molecule has 0 heterocycles. The SMILES string of the molecule is C=NC1C=CC(S(=O)(=O)O)=CC1. The van der Waals surface area contributed by atoms with E-state index in [0.717, 1.165) is 0 Å². The lowest BCUT2D eigenvalue weighted by Crippen LogP contribution is -2.07. The third-order valence-corrected chi connectivity index (χ3v) is 2.47. The second-order valence-corrected chi connectivity index (χ2v) is 3.85. The first-order chi connectivity index (χ1) is 5.54. The Hall–Kier alpha value is -0.940. The summed E-state index contributed by atoms with van der Waals surface area (Å²) in [4.78, 5) is 3.64. The van der Waals surface area contributed by atoms with E-state index in [-0.39, 0.29) is 10.9 Å². The second kappa shape index (κ2) is 3.20. The van der Waals surface area contributed by atoms with E-state index in [1.54, 1.807) is 6.08 Å². The fraction of sp³-hybridized carbons (Fsp3) is 0.286. The Bertz CT molecular complexity index is 340. The van der Waals surface area contributed by atoms with Crippen molar-refractivity contribution >= 4 is 16.8 Å². The molecule has 1 unspecified atom stereocenters. The van der Waals surface area contributed by atoms with E-state index in [1.165, 1.54) is 12.2 Å². The average molecular weight is 187 g/mol. The van der Waals surface area contributed by atoms with Gasteiger partial charge in [0.05, 0.1) is 10.9 Å². The molecule has 0 saturated carbocycles. The van der Waals surface area contributed by atoms with Crippen LogP contribution in [0.25, 0.3) is 0 Å². The molecular weight excluding hydrogens is 178 g/mol. The van der Waals surface area contributed by atoms with Crippen molar-refractivity contribution in [3.05, 3.63) is 23.1 Å². The first-order valence-corrected chi connectivity index (χ1v) is 4.80. The summed E-state index contributed by atoms with van der Waals surface area (Å²) in [7, 11) is -4.05. The Balaban J connectivity index is 2.84. The molecule has 0 aliphatic heterocycles. The fourth-order valence-corrected chi connectivity index (χ4v) is 1.47. The molecule has 0 spiro atoms. The van der Waals surface area contributed by atoms with Crippen molar-refractivity contribution in [2.24, 2.45) is 4.99 Å². The van der Waals surface area contributed by atoms with Gasteiger partial charge in [0, 0.05) is 0 Å². The van der Waals surface area contributed by atoms with Crippen molar-refractivity contribution in [1.29, 1.82) is 0 Å². The average Bonchev–Trinajstić information content (AvgIpc) is 2.03. The molecule has 66 valence electrons. The van der Waals surface area contributed by atoms with Crippen LogP contribution < -0.4 is 0 Å². The van der Waals surface area contributed by atoms with Crippen molar-refractivity contribution in [2.45, 2.75) is 12.5 Å². The molecule has 5 heteroatoms. The van der Waals surface area contributed by atoms with E-state index in [0.29, 0.717) is 6.42 Å². The van der Waals surface area contributed by atoms with Gasteiger partial charge >= 0.3 is 0 Å². The molecule has 12 heavy (non-hydrogen) atoms. The number of nitrogens with zero attached hydrogens (tertiary/aromatic N) is 1. The Morgan fingerprint density at radius 2 is 2.33 bits per heavy atom. The molecule has 0 bridgehead atoms. The monoisotopic (exact) mass is 187 g/mol. The molecule has 0 radical (unpaired) electrons. The number of hydrogen-bond acceptors (Lipinski definition) is 3. The molecule has 0 aromatic heterocycles. The van der Waals surface area contributed by atoms with Crippen LogP contribution in [0.4, 0.5) is 0 Å². The number of allylic oxidation sites excluding steroid dienone is 1. The number of aliphatic imine (C=N–C) groups is 1. The van der Waals surface area contributed by atoms with Crippen molar-refractivity contribution in [2.75, 3.05) is 0 Å². The highest BCUT2D eigenvalue weighted by atomic mass is 32.2. The van der Waals surface area contributed by atoms with E-state index in [2.05, 4.69) is 11.7 Å². The first-order valence-electron chi connectivity index (χ1n) is 3.35. The van der Waals surface area contributed by atoms with Crippen molar-refractivity contribution in [3.8, 4) is 0 Å². The van der Waals surface area contributed by atoms with Gasteiger partial charge in [0.1, 0.15) is 0 Å². The zero-order valence-electron chi connectivity index (χ0n) is 6.34. The zero-order valence-corrected chi connectivity index (χ0v) is 7.16. The zero-order chi connectivity index (χ0) is 9.19. The maximum atomic E-state index is 10.6. The Kier molecular flexibility index (Phi) is 2.44. The van der Waals surface area contributed by atoms with Gasteiger partial charge in [-0.2, -0.15) is 8.42 Å². The summed E-state index contributed by atoms with van der Waals surface area (Å²) in [5.74, 6) is 0. The number of hydrogen-bond donors (Lipinski definition) is 1. The lowest BCUT2D eigenvalue weighted by Gasteiger charge is -2.09. The summed E-state index contributed by atoms with van der Waals surface area (Å²) >= 11 is 0. The van der Waals surface area contributed by atoms with Gasteiger partial charge in [0.15, 0.2) is 0 Å². The summed E-state index contributed by atoms with van der Waals surface area (Å²) in [5.41, 5.74) is 0. The van der Waals surface area contributed by atoms with E-state index in [9.17, 15) is 8.42 Å². The highest BCUT2D eigenvalue weighted by Gasteiger charge is 2.14. The lowest BCUT2D eigenvalue weighted by molar-refractivity contribution is 0.491. The molecule has 1 rings (SSSR count). The Labute approximate surface area is 71.1 Å². The highest BCUT2D eigenvalue weighted by molar-refractivity contribution is 7.90. The fourth-order valence-electron chi connectivity index (χ4n) is 0.916. The standard InChI is InChI=1S/C7H9NO3S/c1-8-6-2-4-7(5-3-6)12(9,10)11/h2,4-6H,1,3H2,(H,9,10,11). The molecule has 0 fully saturated rings. The summed E-state index contributed by atoms with van der Waals surface area (Å²) in [6, 6.07) is -0.0736. The first kappa shape index (κ1) is 9.15. The third-order valence-electron chi connectivity index (χ3n) is 1.58. The molecule has 1 atom stereocenters. The van der Waals surface area contributed by atoms with Crippen LogP contribution in [0.5, 0.6) is 0 Å². The van der Waals surface area contributed by atoms with E-state index in [4.69, 9.17) is 4.55 Å². The quantitative estimate of drug-likeness (QED) is 0.513. The molecule has 1 aliphatic rings. The highest BCUT2D eigenvalue weighted by Crippen LogP contribution is 2.16. The Morgan fingerprint density at radius 3 is 2.67 bits per heavy atom. The smallest absolute Gasteiger partial charge is 0.293 e.